The van der Waals surface area contributed by atoms with Gasteiger partial charge in [-0.15, -0.1) is 0 Å². The highest BCUT2D eigenvalue weighted by molar-refractivity contribution is 7.90. The minimum Gasteiger partial charge on any atom is -0.299 e. The van der Waals surface area contributed by atoms with Crippen LogP contribution in [0.3, 0.4) is 0 Å². The fourth-order valence-electron chi connectivity index (χ4n) is 3.39. The first-order chi connectivity index (χ1) is 15.1. The van der Waals surface area contributed by atoms with Gasteiger partial charge >= 0.3 is 0 Å². The summed E-state index contributed by atoms with van der Waals surface area (Å²) in [6.07, 6.45) is 3.10. The molecule has 1 heterocycles. The van der Waals surface area contributed by atoms with Gasteiger partial charge in [-0.1, -0.05) is 60.1 Å². The van der Waals surface area contributed by atoms with E-state index in [9.17, 15) is 8.42 Å². The van der Waals surface area contributed by atoms with Crippen molar-refractivity contribution in [3.8, 4) is 28.2 Å². The molecule has 0 saturated heterocycles. The first-order valence-electron chi connectivity index (χ1n) is 9.76. The Morgan fingerprint density at radius 1 is 0.938 bits per heavy atom. The van der Waals surface area contributed by atoms with Crippen LogP contribution >= 0.6 is 23.2 Å². The summed E-state index contributed by atoms with van der Waals surface area (Å²) in [5.41, 5.74) is 4.79. The van der Waals surface area contributed by atoms with Gasteiger partial charge in [0.05, 0.1) is 26.2 Å². The topological polar surface area (TPSA) is 52.0 Å². The Morgan fingerprint density at radius 2 is 1.56 bits per heavy atom. The summed E-state index contributed by atoms with van der Waals surface area (Å²) in [4.78, 5) is 5.01. The maximum atomic E-state index is 11.9. The van der Waals surface area contributed by atoms with E-state index in [0.717, 1.165) is 28.1 Å². The zero-order chi connectivity index (χ0) is 23.0. The van der Waals surface area contributed by atoms with Crippen molar-refractivity contribution in [2.75, 3.05) is 6.26 Å². The molecule has 0 saturated carbocycles. The SMILES string of the molecule is C=C(C)c1cn(-c2ccc(-c3cccc(S(C)(=O)=O)c3)cc2)c(-c2c(Cl)cccc2Cl)n1. The van der Waals surface area contributed by atoms with Gasteiger partial charge in [0.15, 0.2) is 9.84 Å². The first-order valence-corrected chi connectivity index (χ1v) is 12.4. The minimum absolute atomic E-state index is 0.287. The second kappa shape index (κ2) is 8.58. The van der Waals surface area contributed by atoms with Crippen molar-refractivity contribution in [2.45, 2.75) is 11.8 Å². The lowest BCUT2D eigenvalue weighted by Gasteiger charge is -2.12. The van der Waals surface area contributed by atoms with Crippen LogP contribution in [0.2, 0.25) is 10.0 Å². The zero-order valence-electron chi connectivity index (χ0n) is 17.5. The number of nitrogens with zero attached hydrogens (tertiary/aromatic N) is 2. The van der Waals surface area contributed by atoms with Gasteiger partial charge in [0.25, 0.3) is 0 Å². The Labute approximate surface area is 197 Å². The number of benzene rings is 3. The molecule has 162 valence electrons. The number of sulfone groups is 1. The molecule has 0 radical (unpaired) electrons. The van der Waals surface area contributed by atoms with E-state index in [0.29, 0.717) is 21.4 Å². The van der Waals surface area contributed by atoms with E-state index in [1.807, 2.05) is 48.0 Å². The summed E-state index contributed by atoms with van der Waals surface area (Å²) >= 11 is 12.9. The van der Waals surface area contributed by atoms with Crippen LogP contribution in [0.25, 0.3) is 33.8 Å². The van der Waals surface area contributed by atoms with Crippen molar-refractivity contribution in [1.82, 2.24) is 9.55 Å². The van der Waals surface area contributed by atoms with E-state index in [-0.39, 0.29) is 4.90 Å². The summed E-state index contributed by atoms with van der Waals surface area (Å²) in [6.45, 7) is 5.89. The van der Waals surface area contributed by atoms with Crippen LogP contribution in [0.15, 0.2) is 84.4 Å². The lowest BCUT2D eigenvalue weighted by Crippen LogP contribution is -1.98. The molecule has 4 aromatic rings. The van der Waals surface area contributed by atoms with Gasteiger partial charge in [-0.3, -0.25) is 4.57 Å². The third-order valence-corrected chi connectivity index (χ3v) is 6.81. The van der Waals surface area contributed by atoms with Crippen LogP contribution in [0.4, 0.5) is 0 Å². The largest absolute Gasteiger partial charge is 0.299 e. The average molecular weight is 483 g/mol. The maximum Gasteiger partial charge on any atom is 0.175 e. The third kappa shape index (κ3) is 4.37. The standard InChI is InChI=1S/C25H20Cl2N2O2S/c1-16(2)23-15-29(25(28-23)24-21(26)8-5-9-22(24)27)19-12-10-17(11-13-19)18-6-4-7-20(14-18)32(3,30)31/h4-15H,1H2,2-3H3. The maximum absolute atomic E-state index is 11.9. The molecule has 4 nitrogen and oxygen atoms in total. The monoisotopic (exact) mass is 482 g/mol. The smallest absolute Gasteiger partial charge is 0.175 e. The summed E-state index contributed by atoms with van der Waals surface area (Å²) in [5, 5.41) is 1.01. The molecule has 0 aliphatic heterocycles. The Morgan fingerprint density at radius 3 is 2.16 bits per heavy atom. The van der Waals surface area contributed by atoms with E-state index in [1.54, 1.807) is 36.4 Å². The highest BCUT2D eigenvalue weighted by Gasteiger charge is 2.18. The van der Waals surface area contributed by atoms with Crippen LogP contribution in [0.5, 0.6) is 0 Å². The van der Waals surface area contributed by atoms with Crippen LogP contribution in [0.1, 0.15) is 12.6 Å². The summed E-state index contributed by atoms with van der Waals surface area (Å²) in [7, 11) is -3.28. The van der Waals surface area contributed by atoms with E-state index in [2.05, 4.69) is 6.58 Å². The molecule has 0 bridgehead atoms. The summed E-state index contributed by atoms with van der Waals surface area (Å²) in [5.74, 6) is 0.616. The van der Waals surface area contributed by atoms with Gasteiger partial charge in [-0.05, 0) is 60.0 Å². The lowest BCUT2D eigenvalue weighted by atomic mass is 10.1. The minimum atomic E-state index is -3.28. The van der Waals surface area contributed by atoms with Gasteiger partial charge in [-0.2, -0.15) is 0 Å². The van der Waals surface area contributed by atoms with E-state index in [4.69, 9.17) is 28.2 Å². The number of imidazole rings is 1. The highest BCUT2D eigenvalue weighted by atomic mass is 35.5. The number of halogens is 2. The molecule has 0 unspecified atom stereocenters. The highest BCUT2D eigenvalue weighted by Crippen LogP contribution is 2.36. The van der Waals surface area contributed by atoms with Crippen molar-refractivity contribution in [3.05, 3.63) is 95.2 Å². The number of aromatic nitrogens is 2. The molecule has 0 atom stereocenters. The second-order valence-electron chi connectivity index (χ2n) is 7.54. The van der Waals surface area contributed by atoms with E-state index in [1.165, 1.54) is 6.26 Å². The molecule has 3 aromatic carbocycles. The lowest BCUT2D eigenvalue weighted by molar-refractivity contribution is 0.602. The molecule has 0 amide bonds. The molecular formula is C25H20Cl2N2O2S. The molecule has 0 spiro atoms. The predicted molar refractivity (Wildman–Crippen MR) is 132 cm³/mol. The third-order valence-electron chi connectivity index (χ3n) is 5.07. The molecule has 0 aliphatic rings. The predicted octanol–water partition coefficient (Wildman–Crippen LogP) is 6.95. The summed E-state index contributed by atoms with van der Waals surface area (Å²) < 4.78 is 25.7. The zero-order valence-corrected chi connectivity index (χ0v) is 19.8. The van der Waals surface area contributed by atoms with Crippen molar-refractivity contribution >= 4 is 38.6 Å². The Balaban J connectivity index is 1.81. The molecule has 4 rings (SSSR count). The van der Waals surface area contributed by atoms with Crippen molar-refractivity contribution in [3.63, 3.8) is 0 Å². The summed E-state index contributed by atoms with van der Waals surface area (Å²) in [6, 6.07) is 20.0. The number of allylic oxidation sites excluding steroid dienone is 1. The number of hydrogen-bond donors (Lipinski definition) is 0. The average Bonchev–Trinajstić information content (AvgIpc) is 3.19. The Hall–Kier alpha value is -2.86. The van der Waals surface area contributed by atoms with E-state index < -0.39 is 9.84 Å². The van der Waals surface area contributed by atoms with Crippen LogP contribution < -0.4 is 0 Å². The van der Waals surface area contributed by atoms with Gasteiger partial charge in [0.2, 0.25) is 0 Å². The Kier molecular flexibility index (Phi) is 5.99. The molecule has 7 heteroatoms. The molecule has 0 aliphatic carbocycles. The second-order valence-corrected chi connectivity index (χ2v) is 10.4. The van der Waals surface area contributed by atoms with Crippen molar-refractivity contribution < 1.29 is 8.42 Å². The molecule has 0 fully saturated rings. The van der Waals surface area contributed by atoms with Gasteiger partial charge < -0.3 is 0 Å². The van der Waals surface area contributed by atoms with Crippen molar-refractivity contribution in [1.29, 1.82) is 0 Å². The van der Waals surface area contributed by atoms with Gasteiger partial charge in [0.1, 0.15) is 5.82 Å². The number of rotatable bonds is 5. The Bertz CT molecular complexity index is 1420. The number of hydrogen-bond acceptors (Lipinski definition) is 3. The molecule has 32 heavy (non-hydrogen) atoms. The molecular weight excluding hydrogens is 463 g/mol. The van der Waals surface area contributed by atoms with Gasteiger partial charge in [0, 0.05) is 18.1 Å². The normalized spacial score (nSPS) is 11.5. The molecule has 0 N–H and O–H groups in total. The van der Waals surface area contributed by atoms with Gasteiger partial charge in [-0.25, -0.2) is 13.4 Å². The fourth-order valence-corrected chi connectivity index (χ4v) is 4.62. The van der Waals surface area contributed by atoms with E-state index >= 15 is 0 Å². The van der Waals surface area contributed by atoms with Crippen LogP contribution in [-0.2, 0) is 9.84 Å². The first kappa shape index (κ1) is 22.3. The van der Waals surface area contributed by atoms with Crippen LogP contribution in [-0.4, -0.2) is 24.2 Å². The molecule has 1 aromatic heterocycles. The van der Waals surface area contributed by atoms with Crippen LogP contribution in [0, 0.1) is 0 Å². The quantitative estimate of drug-likeness (QED) is 0.309. The van der Waals surface area contributed by atoms with Crippen molar-refractivity contribution in [2.24, 2.45) is 0 Å². The fraction of sp³-hybridized carbons (Fsp3) is 0.0800.